The zero-order chi connectivity index (χ0) is 15.6. The highest BCUT2D eigenvalue weighted by atomic mass is 19.1. The molecule has 2 nitrogen and oxygen atoms in total. The standard InChI is InChI=1S/C17H17F2NO/c1-11-4-5-14(10-16(11)19)17(21)20(3)12(2)13-6-8-15(18)9-7-13/h4-10,12H,1-3H3. The fourth-order valence-corrected chi connectivity index (χ4v) is 2.07. The lowest BCUT2D eigenvalue weighted by molar-refractivity contribution is 0.0742. The largest absolute Gasteiger partial charge is 0.335 e. The summed E-state index contributed by atoms with van der Waals surface area (Å²) in [6, 6.07) is 10.2. The summed E-state index contributed by atoms with van der Waals surface area (Å²) in [4.78, 5) is 13.9. The molecule has 0 spiro atoms. The van der Waals surface area contributed by atoms with Crippen molar-refractivity contribution in [2.45, 2.75) is 19.9 Å². The Kier molecular flexibility index (Phi) is 4.36. The van der Waals surface area contributed by atoms with Crippen LogP contribution in [0.4, 0.5) is 8.78 Å². The van der Waals surface area contributed by atoms with E-state index in [9.17, 15) is 13.6 Å². The monoisotopic (exact) mass is 289 g/mol. The lowest BCUT2D eigenvalue weighted by atomic mass is 10.1. The van der Waals surface area contributed by atoms with Crippen LogP contribution < -0.4 is 0 Å². The number of rotatable bonds is 3. The molecule has 2 aromatic carbocycles. The van der Waals surface area contributed by atoms with E-state index < -0.39 is 5.82 Å². The van der Waals surface area contributed by atoms with Gasteiger partial charge in [-0.05, 0) is 49.2 Å². The van der Waals surface area contributed by atoms with Crippen LogP contribution in [-0.4, -0.2) is 17.9 Å². The molecule has 1 amide bonds. The number of hydrogen-bond donors (Lipinski definition) is 0. The van der Waals surface area contributed by atoms with Crippen LogP contribution >= 0.6 is 0 Å². The number of aryl methyl sites for hydroxylation is 1. The zero-order valence-corrected chi connectivity index (χ0v) is 12.2. The number of amides is 1. The molecule has 0 aliphatic rings. The van der Waals surface area contributed by atoms with E-state index in [0.717, 1.165) is 5.56 Å². The third kappa shape index (κ3) is 3.27. The summed E-state index contributed by atoms with van der Waals surface area (Å²) < 4.78 is 26.5. The summed E-state index contributed by atoms with van der Waals surface area (Å²) in [6.07, 6.45) is 0. The van der Waals surface area contributed by atoms with Crippen LogP contribution in [0, 0.1) is 18.6 Å². The van der Waals surface area contributed by atoms with Crippen LogP contribution in [0.25, 0.3) is 0 Å². The first kappa shape index (κ1) is 15.2. The summed E-state index contributed by atoms with van der Waals surface area (Å²) in [7, 11) is 1.65. The van der Waals surface area contributed by atoms with Crippen molar-refractivity contribution in [2.75, 3.05) is 7.05 Å². The van der Waals surface area contributed by atoms with Gasteiger partial charge in [-0.2, -0.15) is 0 Å². The molecule has 0 aliphatic carbocycles. The Balaban J connectivity index is 2.21. The van der Waals surface area contributed by atoms with E-state index in [2.05, 4.69) is 0 Å². The minimum atomic E-state index is -0.399. The van der Waals surface area contributed by atoms with Gasteiger partial charge in [0.25, 0.3) is 5.91 Å². The Labute approximate surface area is 123 Å². The highest BCUT2D eigenvalue weighted by Crippen LogP contribution is 2.21. The van der Waals surface area contributed by atoms with Crippen molar-refractivity contribution in [1.82, 2.24) is 4.90 Å². The minimum Gasteiger partial charge on any atom is -0.335 e. The van der Waals surface area contributed by atoms with E-state index in [-0.39, 0.29) is 17.8 Å². The van der Waals surface area contributed by atoms with Gasteiger partial charge in [-0.3, -0.25) is 4.79 Å². The van der Waals surface area contributed by atoms with Crippen LogP contribution in [0.15, 0.2) is 42.5 Å². The van der Waals surface area contributed by atoms with Gasteiger partial charge in [0.15, 0.2) is 0 Å². The topological polar surface area (TPSA) is 20.3 Å². The molecule has 2 rings (SSSR count). The number of carbonyl (C=O) groups is 1. The molecule has 1 atom stereocenters. The van der Waals surface area contributed by atoms with E-state index >= 15 is 0 Å². The molecule has 110 valence electrons. The normalized spacial score (nSPS) is 12.0. The van der Waals surface area contributed by atoms with Gasteiger partial charge in [-0.15, -0.1) is 0 Å². The van der Waals surface area contributed by atoms with Crippen LogP contribution in [0.3, 0.4) is 0 Å². The van der Waals surface area contributed by atoms with Crippen molar-refractivity contribution in [3.05, 3.63) is 70.8 Å². The van der Waals surface area contributed by atoms with E-state index in [1.807, 2.05) is 6.92 Å². The fourth-order valence-electron chi connectivity index (χ4n) is 2.07. The Morgan fingerprint density at radius 1 is 1.10 bits per heavy atom. The van der Waals surface area contributed by atoms with E-state index in [1.54, 1.807) is 38.2 Å². The molecule has 4 heteroatoms. The zero-order valence-electron chi connectivity index (χ0n) is 12.2. The third-order valence-corrected chi connectivity index (χ3v) is 3.67. The molecule has 0 fully saturated rings. The number of benzene rings is 2. The van der Waals surface area contributed by atoms with Gasteiger partial charge in [0.05, 0.1) is 6.04 Å². The summed E-state index contributed by atoms with van der Waals surface area (Å²) in [5, 5.41) is 0. The van der Waals surface area contributed by atoms with Crippen LogP contribution in [0.5, 0.6) is 0 Å². The predicted molar refractivity (Wildman–Crippen MR) is 78.0 cm³/mol. The second kappa shape index (κ2) is 6.04. The van der Waals surface area contributed by atoms with E-state index in [1.165, 1.54) is 23.1 Å². The molecule has 21 heavy (non-hydrogen) atoms. The molecule has 0 radical (unpaired) electrons. The molecule has 2 aromatic rings. The highest BCUT2D eigenvalue weighted by molar-refractivity contribution is 5.94. The summed E-state index contributed by atoms with van der Waals surface area (Å²) in [6.45, 7) is 3.49. The first-order valence-corrected chi connectivity index (χ1v) is 6.69. The molecule has 1 unspecified atom stereocenters. The quantitative estimate of drug-likeness (QED) is 0.833. The van der Waals surface area contributed by atoms with E-state index in [4.69, 9.17) is 0 Å². The first-order valence-electron chi connectivity index (χ1n) is 6.69. The molecule has 0 heterocycles. The minimum absolute atomic E-state index is 0.234. The van der Waals surface area contributed by atoms with Gasteiger partial charge in [0.2, 0.25) is 0 Å². The van der Waals surface area contributed by atoms with Crippen molar-refractivity contribution in [2.24, 2.45) is 0 Å². The molecule has 0 saturated heterocycles. The summed E-state index contributed by atoms with van der Waals surface area (Å²) in [5.41, 5.74) is 1.62. The van der Waals surface area contributed by atoms with Gasteiger partial charge in [-0.25, -0.2) is 8.78 Å². The average molecular weight is 289 g/mol. The van der Waals surface area contributed by atoms with Gasteiger partial charge < -0.3 is 4.90 Å². The number of carbonyl (C=O) groups excluding carboxylic acids is 1. The van der Waals surface area contributed by atoms with Crippen molar-refractivity contribution >= 4 is 5.91 Å². The third-order valence-electron chi connectivity index (χ3n) is 3.67. The van der Waals surface area contributed by atoms with Gasteiger partial charge in [0.1, 0.15) is 11.6 Å². The number of halogens is 2. The van der Waals surface area contributed by atoms with E-state index in [0.29, 0.717) is 11.1 Å². The predicted octanol–water partition coefficient (Wildman–Crippen LogP) is 4.11. The van der Waals surface area contributed by atoms with Crippen molar-refractivity contribution in [1.29, 1.82) is 0 Å². The Bertz CT molecular complexity index is 652. The van der Waals surface area contributed by atoms with Crippen molar-refractivity contribution in [3.63, 3.8) is 0 Å². The molecule has 0 bridgehead atoms. The maximum Gasteiger partial charge on any atom is 0.254 e. The average Bonchev–Trinajstić information content (AvgIpc) is 2.48. The Morgan fingerprint density at radius 2 is 1.71 bits per heavy atom. The lowest BCUT2D eigenvalue weighted by Gasteiger charge is -2.25. The van der Waals surface area contributed by atoms with Gasteiger partial charge in [0, 0.05) is 12.6 Å². The molecular formula is C17H17F2NO. The highest BCUT2D eigenvalue weighted by Gasteiger charge is 2.19. The number of nitrogens with zero attached hydrogens (tertiary/aromatic N) is 1. The molecule has 0 N–H and O–H groups in total. The maximum absolute atomic E-state index is 13.6. The molecule has 0 aromatic heterocycles. The van der Waals surface area contributed by atoms with Crippen LogP contribution in [0.2, 0.25) is 0 Å². The first-order chi connectivity index (χ1) is 9.90. The second-order valence-corrected chi connectivity index (χ2v) is 5.11. The maximum atomic E-state index is 13.6. The Hall–Kier alpha value is -2.23. The molecule has 0 aliphatic heterocycles. The van der Waals surface area contributed by atoms with Crippen LogP contribution in [0.1, 0.15) is 34.5 Å². The van der Waals surface area contributed by atoms with Gasteiger partial charge >= 0.3 is 0 Å². The second-order valence-electron chi connectivity index (χ2n) is 5.11. The summed E-state index contributed by atoms with van der Waals surface area (Å²) in [5.74, 6) is -0.991. The van der Waals surface area contributed by atoms with Crippen LogP contribution in [-0.2, 0) is 0 Å². The van der Waals surface area contributed by atoms with Crippen molar-refractivity contribution < 1.29 is 13.6 Å². The summed E-state index contributed by atoms with van der Waals surface area (Å²) >= 11 is 0. The fraction of sp³-hybridized carbons (Fsp3) is 0.235. The van der Waals surface area contributed by atoms with Gasteiger partial charge in [-0.1, -0.05) is 18.2 Å². The smallest absolute Gasteiger partial charge is 0.254 e. The Morgan fingerprint density at radius 3 is 2.29 bits per heavy atom. The molecular weight excluding hydrogens is 272 g/mol. The lowest BCUT2D eigenvalue weighted by Crippen LogP contribution is -2.29. The molecule has 0 saturated carbocycles. The number of hydrogen-bond acceptors (Lipinski definition) is 1. The SMILES string of the molecule is Cc1ccc(C(=O)N(C)C(C)c2ccc(F)cc2)cc1F. The van der Waals surface area contributed by atoms with Crippen molar-refractivity contribution in [3.8, 4) is 0 Å².